The van der Waals surface area contributed by atoms with E-state index in [0.717, 1.165) is 11.3 Å². The summed E-state index contributed by atoms with van der Waals surface area (Å²) in [5.41, 5.74) is 4.90. The molecule has 0 bridgehead atoms. The molecule has 0 unspecified atom stereocenters. The Kier molecular flexibility index (Phi) is 2.48. The van der Waals surface area contributed by atoms with Gasteiger partial charge in [-0.2, -0.15) is 0 Å². The Bertz CT molecular complexity index is 1350. The molecular formula is C25H18O. The summed E-state index contributed by atoms with van der Waals surface area (Å²) < 4.78 is 6.59. The second-order valence-electron chi connectivity index (χ2n) is 7.80. The zero-order valence-electron chi connectivity index (χ0n) is 14.8. The van der Waals surface area contributed by atoms with Crippen molar-refractivity contribution in [2.45, 2.75) is 19.3 Å². The van der Waals surface area contributed by atoms with Gasteiger partial charge < -0.3 is 4.42 Å². The van der Waals surface area contributed by atoms with Crippen LogP contribution in [0.4, 0.5) is 0 Å². The number of furan rings is 1. The third kappa shape index (κ3) is 1.56. The number of benzene rings is 4. The van der Waals surface area contributed by atoms with Gasteiger partial charge in [-0.25, -0.2) is 0 Å². The zero-order chi connectivity index (χ0) is 17.5. The Morgan fingerprint density at radius 2 is 1.31 bits per heavy atom. The van der Waals surface area contributed by atoms with E-state index in [1.165, 1.54) is 43.6 Å². The van der Waals surface area contributed by atoms with Crippen LogP contribution in [-0.4, -0.2) is 0 Å². The van der Waals surface area contributed by atoms with Crippen molar-refractivity contribution < 1.29 is 4.42 Å². The predicted octanol–water partition coefficient (Wildman–Crippen LogP) is 7.05. The van der Waals surface area contributed by atoms with E-state index in [-0.39, 0.29) is 5.41 Å². The summed E-state index contributed by atoms with van der Waals surface area (Å²) in [6.07, 6.45) is 0. The van der Waals surface area contributed by atoms with Gasteiger partial charge in [0.05, 0.1) is 0 Å². The molecule has 4 aromatic carbocycles. The van der Waals surface area contributed by atoms with Gasteiger partial charge in [-0.1, -0.05) is 86.6 Å². The summed E-state index contributed by atoms with van der Waals surface area (Å²) in [5, 5.41) is 6.20. The first kappa shape index (κ1) is 14.1. The predicted molar refractivity (Wildman–Crippen MR) is 109 cm³/mol. The Morgan fingerprint density at radius 3 is 2.12 bits per heavy atom. The highest BCUT2D eigenvalue weighted by Gasteiger charge is 2.41. The standard InChI is InChI=1S/C25H18O/c1-25(2)20-14-12-15-7-3-5-9-17(15)21(20)24-22(25)19-13-11-16-8-4-6-10-18(16)23(19)26-24/h3-14H,1-2H3. The number of fused-ring (bicyclic) bond motifs is 9. The Labute approximate surface area is 151 Å². The van der Waals surface area contributed by atoms with Gasteiger partial charge >= 0.3 is 0 Å². The molecule has 1 aromatic heterocycles. The van der Waals surface area contributed by atoms with Gasteiger partial charge in [0, 0.05) is 27.3 Å². The van der Waals surface area contributed by atoms with Crippen molar-refractivity contribution in [3.63, 3.8) is 0 Å². The summed E-state index contributed by atoms with van der Waals surface area (Å²) in [6.45, 7) is 4.63. The maximum absolute atomic E-state index is 6.59. The lowest BCUT2D eigenvalue weighted by atomic mass is 9.81. The van der Waals surface area contributed by atoms with Gasteiger partial charge in [-0.05, 0) is 21.7 Å². The maximum Gasteiger partial charge on any atom is 0.142 e. The van der Waals surface area contributed by atoms with Gasteiger partial charge in [0.2, 0.25) is 0 Å². The van der Waals surface area contributed by atoms with Crippen LogP contribution in [-0.2, 0) is 5.41 Å². The van der Waals surface area contributed by atoms with Gasteiger partial charge in [0.15, 0.2) is 0 Å². The Balaban J connectivity index is 1.84. The van der Waals surface area contributed by atoms with E-state index in [0.29, 0.717) is 0 Å². The lowest BCUT2D eigenvalue weighted by Gasteiger charge is -2.21. The second kappa shape index (κ2) is 4.56. The molecule has 1 heterocycles. The number of hydrogen-bond acceptors (Lipinski definition) is 1. The van der Waals surface area contributed by atoms with Crippen molar-refractivity contribution in [2.75, 3.05) is 0 Å². The molecule has 6 rings (SSSR count). The first-order valence-electron chi connectivity index (χ1n) is 9.13. The molecule has 1 heteroatoms. The first-order chi connectivity index (χ1) is 12.7. The zero-order valence-corrected chi connectivity index (χ0v) is 14.8. The quantitative estimate of drug-likeness (QED) is 0.296. The average Bonchev–Trinajstić information content (AvgIpc) is 3.16. The lowest BCUT2D eigenvalue weighted by Crippen LogP contribution is -2.14. The molecule has 1 aliphatic carbocycles. The van der Waals surface area contributed by atoms with Gasteiger partial charge in [-0.15, -0.1) is 0 Å². The summed E-state index contributed by atoms with van der Waals surface area (Å²) in [6, 6.07) is 26.0. The van der Waals surface area contributed by atoms with E-state index in [1.54, 1.807) is 0 Å². The van der Waals surface area contributed by atoms with Crippen LogP contribution in [0.1, 0.15) is 25.0 Å². The molecule has 5 aromatic rings. The average molecular weight is 334 g/mol. The summed E-state index contributed by atoms with van der Waals surface area (Å²) in [5.74, 6) is 1.05. The summed E-state index contributed by atoms with van der Waals surface area (Å²) in [7, 11) is 0. The molecular weight excluding hydrogens is 316 g/mol. The monoisotopic (exact) mass is 334 g/mol. The van der Waals surface area contributed by atoms with E-state index < -0.39 is 0 Å². The molecule has 0 amide bonds. The van der Waals surface area contributed by atoms with Crippen LogP contribution in [0.5, 0.6) is 0 Å². The van der Waals surface area contributed by atoms with Gasteiger partial charge in [-0.3, -0.25) is 0 Å². The molecule has 0 atom stereocenters. The molecule has 1 aliphatic rings. The number of hydrogen-bond donors (Lipinski definition) is 0. The summed E-state index contributed by atoms with van der Waals surface area (Å²) in [4.78, 5) is 0. The minimum absolute atomic E-state index is 0.0671. The van der Waals surface area contributed by atoms with Crippen molar-refractivity contribution in [3.8, 4) is 11.3 Å². The van der Waals surface area contributed by atoms with Crippen LogP contribution in [0.15, 0.2) is 77.2 Å². The smallest absolute Gasteiger partial charge is 0.142 e. The van der Waals surface area contributed by atoms with Crippen LogP contribution in [0, 0.1) is 0 Å². The van der Waals surface area contributed by atoms with Crippen LogP contribution < -0.4 is 0 Å². The van der Waals surface area contributed by atoms with Gasteiger partial charge in [0.1, 0.15) is 11.3 Å². The normalized spacial score (nSPS) is 14.8. The second-order valence-corrected chi connectivity index (χ2v) is 7.80. The van der Waals surface area contributed by atoms with Crippen LogP contribution in [0.2, 0.25) is 0 Å². The minimum Gasteiger partial charge on any atom is -0.455 e. The highest BCUT2D eigenvalue weighted by atomic mass is 16.3. The topological polar surface area (TPSA) is 13.1 Å². The fourth-order valence-corrected chi connectivity index (χ4v) is 4.79. The molecule has 0 aliphatic heterocycles. The van der Waals surface area contributed by atoms with E-state index in [4.69, 9.17) is 4.42 Å². The minimum atomic E-state index is -0.0671. The first-order valence-corrected chi connectivity index (χ1v) is 9.13. The SMILES string of the molecule is CC1(C)c2ccc3ccccc3c2-c2oc3c(ccc4ccccc43)c21. The van der Waals surface area contributed by atoms with Crippen LogP contribution in [0.25, 0.3) is 43.8 Å². The van der Waals surface area contributed by atoms with Crippen molar-refractivity contribution in [1.29, 1.82) is 0 Å². The highest BCUT2D eigenvalue weighted by Crippen LogP contribution is 2.55. The van der Waals surface area contributed by atoms with Crippen molar-refractivity contribution in [3.05, 3.63) is 83.9 Å². The molecule has 124 valence electrons. The number of rotatable bonds is 0. The Morgan fingerprint density at radius 1 is 0.654 bits per heavy atom. The summed E-state index contributed by atoms with van der Waals surface area (Å²) >= 11 is 0. The van der Waals surface area contributed by atoms with Crippen molar-refractivity contribution >= 4 is 32.5 Å². The van der Waals surface area contributed by atoms with E-state index >= 15 is 0 Å². The fraction of sp³-hybridized carbons (Fsp3) is 0.120. The van der Waals surface area contributed by atoms with Crippen molar-refractivity contribution in [2.24, 2.45) is 0 Å². The fourth-order valence-electron chi connectivity index (χ4n) is 4.79. The molecule has 0 N–H and O–H groups in total. The Hall–Kier alpha value is -3.06. The van der Waals surface area contributed by atoms with Crippen LogP contribution >= 0.6 is 0 Å². The molecule has 0 spiro atoms. The highest BCUT2D eigenvalue weighted by molar-refractivity contribution is 6.11. The molecule has 0 saturated carbocycles. The van der Waals surface area contributed by atoms with Gasteiger partial charge in [0.25, 0.3) is 0 Å². The molecule has 0 radical (unpaired) electrons. The van der Waals surface area contributed by atoms with Crippen LogP contribution in [0.3, 0.4) is 0 Å². The molecule has 26 heavy (non-hydrogen) atoms. The third-order valence-corrected chi connectivity index (χ3v) is 6.03. The molecule has 1 nitrogen and oxygen atoms in total. The van der Waals surface area contributed by atoms with E-state index in [1.807, 2.05) is 0 Å². The molecule has 0 saturated heterocycles. The molecule has 0 fully saturated rings. The third-order valence-electron chi connectivity index (χ3n) is 6.03. The van der Waals surface area contributed by atoms with E-state index in [9.17, 15) is 0 Å². The van der Waals surface area contributed by atoms with E-state index in [2.05, 4.69) is 86.6 Å². The largest absolute Gasteiger partial charge is 0.455 e. The maximum atomic E-state index is 6.59. The lowest BCUT2D eigenvalue weighted by molar-refractivity contribution is 0.622. The van der Waals surface area contributed by atoms with Crippen molar-refractivity contribution in [1.82, 2.24) is 0 Å².